The zero-order chi connectivity index (χ0) is 24.8. The first-order valence-electron chi connectivity index (χ1n) is 11.2. The van der Waals surface area contributed by atoms with Crippen LogP contribution in [0.4, 0.5) is 0 Å². The number of nitrogens with zero attached hydrogens (tertiary/aromatic N) is 1. The number of Topliss-reactive ketones (excluding diaryl/α,β-unsaturated/α-hetero) is 1. The molecule has 8 heteroatoms. The monoisotopic (exact) mass is 469 g/mol. The SMILES string of the molecule is CCOc1ccc(C2/C(=C(\O)c3ccc(OC(C)C)cc3)C(=O)C(=O)N2CCOC)cc1OC. The van der Waals surface area contributed by atoms with Crippen molar-refractivity contribution in [3.63, 3.8) is 0 Å². The van der Waals surface area contributed by atoms with Crippen LogP contribution in [-0.2, 0) is 14.3 Å². The van der Waals surface area contributed by atoms with Crippen molar-refractivity contribution in [2.75, 3.05) is 34.0 Å². The van der Waals surface area contributed by atoms with E-state index < -0.39 is 17.7 Å². The molecule has 1 fully saturated rings. The topological polar surface area (TPSA) is 94.5 Å². The van der Waals surface area contributed by atoms with Crippen molar-refractivity contribution in [3.05, 3.63) is 59.2 Å². The minimum absolute atomic E-state index is 0.000181. The lowest BCUT2D eigenvalue weighted by Crippen LogP contribution is -2.32. The first-order valence-corrected chi connectivity index (χ1v) is 11.2. The molecule has 1 heterocycles. The van der Waals surface area contributed by atoms with Crippen molar-refractivity contribution in [1.82, 2.24) is 4.90 Å². The van der Waals surface area contributed by atoms with Crippen molar-refractivity contribution in [2.24, 2.45) is 0 Å². The smallest absolute Gasteiger partial charge is 0.295 e. The highest BCUT2D eigenvalue weighted by molar-refractivity contribution is 6.46. The summed E-state index contributed by atoms with van der Waals surface area (Å²) in [6, 6.07) is 11.1. The molecule has 0 bridgehead atoms. The molecule has 0 aromatic heterocycles. The van der Waals surface area contributed by atoms with Crippen LogP contribution in [0, 0.1) is 0 Å². The van der Waals surface area contributed by atoms with E-state index >= 15 is 0 Å². The Balaban J connectivity index is 2.11. The fourth-order valence-electron chi connectivity index (χ4n) is 3.89. The number of hydrogen-bond acceptors (Lipinski definition) is 7. The van der Waals surface area contributed by atoms with E-state index in [1.165, 1.54) is 19.1 Å². The Labute approximate surface area is 199 Å². The summed E-state index contributed by atoms with van der Waals surface area (Å²) in [7, 11) is 3.04. The molecule has 3 rings (SSSR count). The molecule has 0 saturated carbocycles. The van der Waals surface area contributed by atoms with Gasteiger partial charge in [-0.3, -0.25) is 9.59 Å². The number of aliphatic hydroxyl groups excluding tert-OH is 1. The Bertz CT molecular complexity index is 1060. The maximum Gasteiger partial charge on any atom is 0.295 e. The van der Waals surface area contributed by atoms with E-state index in [1.807, 2.05) is 20.8 Å². The highest BCUT2D eigenvalue weighted by atomic mass is 16.5. The molecule has 2 aromatic rings. The molecule has 1 N–H and O–H groups in total. The summed E-state index contributed by atoms with van der Waals surface area (Å²) in [6.07, 6.45) is 0.000181. The molecule has 8 nitrogen and oxygen atoms in total. The lowest BCUT2D eigenvalue weighted by atomic mass is 9.95. The fourth-order valence-corrected chi connectivity index (χ4v) is 3.89. The Hall–Kier alpha value is -3.52. The van der Waals surface area contributed by atoms with Gasteiger partial charge in [-0.1, -0.05) is 6.07 Å². The molecular formula is C26H31NO7. The Kier molecular flexibility index (Phi) is 8.17. The van der Waals surface area contributed by atoms with Gasteiger partial charge >= 0.3 is 0 Å². The number of rotatable bonds is 10. The van der Waals surface area contributed by atoms with E-state index in [1.54, 1.807) is 42.5 Å². The Morgan fingerprint density at radius 1 is 1.06 bits per heavy atom. The summed E-state index contributed by atoms with van der Waals surface area (Å²) < 4.78 is 21.9. The number of hydrogen-bond donors (Lipinski definition) is 1. The number of carbonyl (C=O) groups is 2. The number of likely N-dealkylation sites (tertiary alicyclic amines) is 1. The van der Waals surface area contributed by atoms with Crippen LogP contribution in [0.15, 0.2) is 48.0 Å². The lowest BCUT2D eigenvalue weighted by Gasteiger charge is -2.25. The molecule has 0 aliphatic carbocycles. The van der Waals surface area contributed by atoms with Gasteiger partial charge in [-0.2, -0.15) is 0 Å². The predicted molar refractivity (Wildman–Crippen MR) is 127 cm³/mol. The molecular weight excluding hydrogens is 438 g/mol. The van der Waals surface area contributed by atoms with Crippen LogP contribution in [0.2, 0.25) is 0 Å². The van der Waals surface area contributed by atoms with Crippen molar-refractivity contribution >= 4 is 17.4 Å². The first kappa shape index (κ1) is 25.1. The predicted octanol–water partition coefficient (Wildman–Crippen LogP) is 3.95. The number of amides is 1. The number of ether oxygens (including phenoxy) is 4. The van der Waals surface area contributed by atoms with Crippen LogP contribution >= 0.6 is 0 Å². The summed E-state index contributed by atoms with van der Waals surface area (Å²) in [6.45, 7) is 6.57. The van der Waals surface area contributed by atoms with E-state index in [-0.39, 0.29) is 30.6 Å². The summed E-state index contributed by atoms with van der Waals surface area (Å²) in [5.74, 6) is -0.0625. The van der Waals surface area contributed by atoms with Crippen molar-refractivity contribution in [3.8, 4) is 17.2 Å². The highest BCUT2D eigenvalue weighted by Gasteiger charge is 2.46. The van der Waals surface area contributed by atoms with Gasteiger partial charge < -0.3 is 29.0 Å². The summed E-state index contributed by atoms with van der Waals surface area (Å²) >= 11 is 0. The summed E-state index contributed by atoms with van der Waals surface area (Å²) in [4.78, 5) is 27.4. The van der Waals surface area contributed by atoms with Gasteiger partial charge in [-0.25, -0.2) is 0 Å². The van der Waals surface area contributed by atoms with Crippen LogP contribution in [-0.4, -0.2) is 61.8 Å². The second-order valence-corrected chi connectivity index (χ2v) is 8.02. The van der Waals surface area contributed by atoms with E-state index in [4.69, 9.17) is 18.9 Å². The lowest BCUT2D eigenvalue weighted by molar-refractivity contribution is -0.140. The largest absolute Gasteiger partial charge is 0.507 e. The molecule has 2 aromatic carbocycles. The molecule has 1 aliphatic rings. The van der Waals surface area contributed by atoms with Crippen LogP contribution in [0.1, 0.15) is 37.9 Å². The Morgan fingerprint density at radius 2 is 1.76 bits per heavy atom. The van der Waals surface area contributed by atoms with Crippen LogP contribution in [0.25, 0.3) is 5.76 Å². The van der Waals surface area contributed by atoms with Crippen LogP contribution in [0.3, 0.4) is 0 Å². The number of carbonyl (C=O) groups excluding carboxylic acids is 2. The Morgan fingerprint density at radius 3 is 2.35 bits per heavy atom. The third-order valence-electron chi connectivity index (χ3n) is 5.38. The van der Waals surface area contributed by atoms with Crippen molar-refractivity contribution in [1.29, 1.82) is 0 Å². The molecule has 1 amide bonds. The normalized spacial score (nSPS) is 17.4. The van der Waals surface area contributed by atoms with Gasteiger partial charge in [0.15, 0.2) is 11.5 Å². The minimum atomic E-state index is -0.814. The molecule has 1 aliphatic heterocycles. The molecule has 1 atom stereocenters. The minimum Gasteiger partial charge on any atom is -0.507 e. The first-order chi connectivity index (χ1) is 16.3. The second-order valence-electron chi connectivity index (χ2n) is 8.02. The number of benzene rings is 2. The number of ketones is 1. The van der Waals surface area contributed by atoms with Gasteiger partial charge in [0, 0.05) is 19.2 Å². The summed E-state index contributed by atoms with van der Waals surface area (Å²) in [5.41, 5.74) is 1.02. The number of aliphatic hydroxyl groups is 1. The average molecular weight is 470 g/mol. The summed E-state index contributed by atoms with van der Waals surface area (Å²) in [5, 5.41) is 11.2. The average Bonchev–Trinajstić information content (AvgIpc) is 3.07. The van der Waals surface area contributed by atoms with Gasteiger partial charge in [0.05, 0.1) is 38.0 Å². The second kappa shape index (κ2) is 11.1. The molecule has 182 valence electrons. The van der Waals surface area contributed by atoms with Gasteiger partial charge in [0.2, 0.25) is 0 Å². The van der Waals surface area contributed by atoms with Crippen LogP contribution < -0.4 is 14.2 Å². The van der Waals surface area contributed by atoms with Gasteiger partial charge in [0.1, 0.15) is 11.5 Å². The number of methoxy groups -OCH3 is 2. The van der Waals surface area contributed by atoms with E-state index in [0.29, 0.717) is 35.0 Å². The van der Waals surface area contributed by atoms with Crippen LogP contribution in [0.5, 0.6) is 17.2 Å². The molecule has 1 unspecified atom stereocenters. The molecule has 1 saturated heterocycles. The highest BCUT2D eigenvalue weighted by Crippen LogP contribution is 2.42. The third kappa shape index (κ3) is 5.17. The fraction of sp³-hybridized carbons (Fsp3) is 0.385. The molecule has 34 heavy (non-hydrogen) atoms. The van der Waals surface area contributed by atoms with E-state index in [2.05, 4.69) is 0 Å². The maximum absolute atomic E-state index is 13.1. The zero-order valence-corrected chi connectivity index (χ0v) is 20.2. The van der Waals surface area contributed by atoms with E-state index in [9.17, 15) is 14.7 Å². The van der Waals surface area contributed by atoms with Gasteiger partial charge in [-0.05, 0) is 62.7 Å². The zero-order valence-electron chi connectivity index (χ0n) is 20.2. The van der Waals surface area contributed by atoms with E-state index in [0.717, 1.165) is 0 Å². The molecule has 0 radical (unpaired) electrons. The van der Waals surface area contributed by atoms with Gasteiger partial charge in [0.25, 0.3) is 11.7 Å². The standard InChI is InChI=1S/C26H31NO7/c1-6-33-20-12-9-18(15-21(20)32-5)23-22(25(29)26(30)27(23)13-14-31-4)24(28)17-7-10-19(11-8-17)34-16(2)3/h7-12,15-16,23,28H,6,13-14H2,1-5H3/b24-22+. The van der Waals surface area contributed by atoms with Gasteiger partial charge in [-0.15, -0.1) is 0 Å². The molecule has 0 spiro atoms. The van der Waals surface area contributed by atoms with Crippen molar-refractivity contribution in [2.45, 2.75) is 32.9 Å². The third-order valence-corrected chi connectivity index (χ3v) is 5.38. The maximum atomic E-state index is 13.1. The quantitative estimate of drug-likeness (QED) is 0.320. The van der Waals surface area contributed by atoms with Crippen molar-refractivity contribution < 1.29 is 33.6 Å².